The van der Waals surface area contributed by atoms with Gasteiger partial charge in [0.2, 0.25) is 0 Å². The second kappa shape index (κ2) is 8.05. The minimum Gasteiger partial charge on any atom is -0.540 e. The predicted molar refractivity (Wildman–Crippen MR) is 84.4 cm³/mol. The standard InChI is InChI=1S/C16H25O2Si/c1-6-9-10-14-13(7-2)11-12-15(18-19(4)5)16(14)17-8-3/h7,11-12H,2,6,8-10H2,1,3-5H3. The SMILES string of the molecule is C=Cc1ccc(O[Si](C)C)c(OCC)c1CCCC. The van der Waals surface area contributed by atoms with Crippen LogP contribution in [0.5, 0.6) is 11.5 Å². The van der Waals surface area contributed by atoms with Gasteiger partial charge in [0.15, 0.2) is 5.75 Å². The normalized spacial score (nSPS) is 10.6. The summed E-state index contributed by atoms with van der Waals surface area (Å²) in [5.41, 5.74) is 2.39. The maximum atomic E-state index is 5.96. The Hall–Kier alpha value is -1.22. The number of ether oxygens (including phenoxy) is 1. The van der Waals surface area contributed by atoms with E-state index < -0.39 is 9.04 Å². The zero-order chi connectivity index (χ0) is 14.3. The van der Waals surface area contributed by atoms with E-state index in [-0.39, 0.29) is 0 Å². The van der Waals surface area contributed by atoms with E-state index in [1.165, 1.54) is 12.0 Å². The molecule has 1 rings (SSSR count). The summed E-state index contributed by atoms with van der Waals surface area (Å²) < 4.78 is 11.8. The molecule has 0 fully saturated rings. The molecule has 0 unspecified atom stereocenters. The fourth-order valence-electron chi connectivity index (χ4n) is 2.03. The second-order valence-electron chi connectivity index (χ2n) is 4.71. The van der Waals surface area contributed by atoms with Crippen molar-refractivity contribution in [2.24, 2.45) is 0 Å². The van der Waals surface area contributed by atoms with Crippen LogP contribution >= 0.6 is 0 Å². The van der Waals surface area contributed by atoms with Crippen molar-refractivity contribution >= 4 is 15.1 Å². The summed E-state index contributed by atoms with van der Waals surface area (Å²) in [7, 11) is -0.789. The monoisotopic (exact) mass is 277 g/mol. The van der Waals surface area contributed by atoms with Crippen molar-refractivity contribution in [3.63, 3.8) is 0 Å². The van der Waals surface area contributed by atoms with Crippen molar-refractivity contribution in [2.45, 2.75) is 46.2 Å². The van der Waals surface area contributed by atoms with E-state index >= 15 is 0 Å². The third kappa shape index (κ3) is 4.42. The molecule has 0 atom stereocenters. The van der Waals surface area contributed by atoms with Crippen molar-refractivity contribution in [1.29, 1.82) is 0 Å². The second-order valence-corrected chi connectivity index (χ2v) is 6.73. The Kier molecular flexibility index (Phi) is 6.71. The summed E-state index contributed by atoms with van der Waals surface area (Å²) in [5.74, 6) is 1.80. The first-order valence-electron chi connectivity index (χ1n) is 7.03. The van der Waals surface area contributed by atoms with Crippen molar-refractivity contribution in [3.8, 4) is 11.5 Å². The lowest BCUT2D eigenvalue weighted by Crippen LogP contribution is -2.13. The minimum atomic E-state index is -0.789. The van der Waals surface area contributed by atoms with Gasteiger partial charge in [-0.1, -0.05) is 32.1 Å². The number of unbranched alkanes of at least 4 members (excludes halogenated alkanes) is 1. The third-order valence-corrected chi connectivity index (χ3v) is 3.49. The van der Waals surface area contributed by atoms with Crippen LogP contribution in [0.4, 0.5) is 0 Å². The molecule has 19 heavy (non-hydrogen) atoms. The van der Waals surface area contributed by atoms with Gasteiger partial charge in [-0.2, -0.15) is 0 Å². The summed E-state index contributed by atoms with van der Waals surface area (Å²) in [6.07, 6.45) is 5.24. The molecule has 0 saturated heterocycles. The molecule has 1 aromatic rings. The first-order valence-corrected chi connectivity index (χ1v) is 9.43. The maximum absolute atomic E-state index is 5.96. The maximum Gasteiger partial charge on any atom is 0.274 e. The van der Waals surface area contributed by atoms with E-state index in [1.54, 1.807) is 0 Å². The van der Waals surface area contributed by atoms with Gasteiger partial charge in [-0.05, 0) is 44.5 Å². The van der Waals surface area contributed by atoms with Gasteiger partial charge >= 0.3 is 0 Å². The van der Waals surface area contributed by atoms with Crippen LogP contribution in [0.15, 0.2) is 18.7 Å². The molecule has 0 amide bonds. The van der Waals surface area contributed by atoms with Crippen LogP contribution in [0.1, 0.15) is 37.8 Å². The lowest BCUT2D eigenvalue weighted by molar-refractivity contribution is 0.324. The van der Waals surface area contributed by atoms with Gasteiger partial charge in [-0.3, -0.25) is 0 Å². The van der Waals surface area contributed by atoms with E-state index in [0.29, 0.717) is 6.61 Å². The Labute approximate surface area is 119 Å². The Balaban J connectivity index is 3.21. The zero-order valence-electron chi connectivity index (χ0n) is 12.6. The Morgan fingerprint density at radius 3 is 2.53 bits per heavy atom. The van der Waals surface area contributed by atoms with Crippen LogP contribution in [0.3, 0.4) is 0 Å². The van der Waals surface area contributed by atoms with Crippen molar-refractivity contribution in [1.82, 2.24) is 0 Å². The molecule has 2 nitrogen and oxygen atoms in total. The van der Waals surface area contributed by atoms with Gasteiger partial charge in [-0.25, -0.2) is 0 Å². The van der Waals surface area contributed by atoms with Gasteiger partial charge in [0.05, 0.1) is 6.61 Å². The summed E-state index contributed by atoms with van der Waals surface area (Å²) in [6, 6.07) is 4.09. The molecule has 0 aromatic heterocycles. The molecule has 0 spiro atoms. The Morgan fingerprint density at radius 1 is 1.26 bits per heavy atom. The summed E-state index contributed by atoms with van der Waals surface area (Å²) in [5, 5.41) is 0. The van der Waals surface area contributed by atoms with Gasteiger partial charge in [0.1, 0.15) is 5.75 Å². The molecule has 0 aliphatic carbocycles. The van der Waals surface area contributed by atoms with E-state index in [9.17, 15) is 0 Å². The minimum absolute atomic E-state index is 0.658. The molecule has 0 aliphatic heterocycles. The molecule has 1 aromatic carbocycles. The van der Waals surface area contributed by atoms with Crippen molar-refractivity contribution < 1.29 is 9.16 Å². The third-order valence-electron chi connectivity index (χ3n) is 2.86. The molecule has 0 heterocycles. The molecule has 0 N–H and O–H groups in total. The largest absolute Gasteiger partial charge is 0.540 e. The summed E-state index contributed by atoms with van der Waals surface area (Å²) >= 11 is 0. The molecular weight excluding hydrogens is 252 g/mol. The zero-order valence-corrected chi connectivity index (χ0v) is 13.6. The van der Waals surface area contributed by atoms with Crippen molar-refractivity contribution in [3.05, 3.63) is 29.8 Å². The molecule has 1 radical (unpaired) electrons. The highest BCUT2D eigenvalue weighted by Crippen LogP contribution is 2.36. The van der Waals surface area contributed by atoms with Gasteiger partial charge < -0.3 is 9.16 Å². The van der Waals surface area contributed by atoms with E-state index in [4.69, 9.17) is 9.16 Å². The average molecular weight is 277 g/mol. The number of hydrogen-bond acceptors (Lipinski definition) is 2. The molecule has 0 saturated carbocycles. The lowest BCUT2D eigenvalue weighted by Gasteiger charge is -2.19. The van der Waals surface area contributed by atoms with Crippen LogP contribution in [-0.4, -0.2) is 15.6 Å². The van der Waals surface area contributed by atoms with Gasteiger partial charge in [-0.15, -0.1) is 0 Å². The fraction of sp³-hybridized carbons (Fsp3) is 0.500. The first kappa shape index (κ1) is 15.8. The molecule has 0 aliphatic rings. The van der Waals surface area contributed by atoms with E-state index in [1.807, 2.05) is 19.1 Å². The number of hydrogen-bond donors (Lipinski definition) is 0. The van der Waals surface area contributed by atoms with Crippen LogP contribution in [0, 0.1) is 0 Å². The quantitative estimate of drug-likeness (QED) is 0.641. The highest BCUT2D eigenvalue weighted by Gasteiger charge is 2.15. The van der Waals surface area contributed by atoms with E-state index in [2.05, 4.69) is 32.7 Å². The topological polar surface area (TPSA) is 18.5 Å². The highest BCUT2D eigenvalue weighted by molar-refractivity contribution is 6.49. The van der Waals surface area contributed by atoms with E-state index in [0.717, 1.165) is 29.9 Å². The van der Waals surface area contributed by atoms with Gasteiger partial charge in [0.25, 0.3) is 9.04 Å². The lowest BCUT2D eigenvalue weighted by atomic mass is 10.00. The Morgan fingerprint density at radius 2 is 2.00 bits per heavy atom. The first-order chi connectivity index (χ1) is 9.13. The fourth-order valence-corrected chi connectivity index (χ4v) is 2.63. The average Bonchev–Trinajstić information content (AvgIpc) is 2.38. The molecule has 3 heteroatoms. The van der Waals surface area contributed by atoms with Crippen LogP contribution in [0.25, 0.3) is 6.08 Å². The van der Waals surface area contributed by atoms with Crippen LogP contribution < -0.4 is 9.16 Å². The highest BCUT2D eigenvalue weighted by atomic mass is 28.3. The van der Waals surface area contributed by atoms with Gasteiger partial charge in [0, 0.05) is 5.56 Å². The van der Waals surface area contributed by atoms with Crippen LogP contribution in [-0.2, 0) is 6.42 Å². The van der Waals surface area contributed by atoms with Crippen LogP contribution in [0.2, 0.25) is 13.1 Å². The number of rotatable bonds is 8. The summed E-state index contributed by atoms with van der Waals surface area (Å²) in [4.78, 5) is 0. The van der Waals surface area contributed by atoms with Crippen molar-refractivity contribution in [2.75, 3.05) is 6.61 Å². The smallest absolute Gasteiger partial charge is 0.274 e. The summed E-state index contributed by atoms with van der Waals surface area (Å²) in [6.45, 7) is 13.0. The molecular formula is C16H25O2Si. The Bertz CT molecular complexity index is 413. The molecule has 0 bridgehead atoms. The molecule has 105 valence electrons. The number of benzene rings is 1. The predicted octanol–water partition coefficient (Wildman–Crippen LogP) is 4.70.